The lowest BCUT2D eigenvalue weighted by Gasteiger charge is -2.08. The van der Waals surface area contributed by atoms with E-state index < -0.39 is 0 Å². The first-order chi connectivity index (χ1) is 4.83. The Balaban J connectivity index is 2.06. The Kier molecular flexibility index (Phi) is 3.12. The van der Waals surface area contributed by atoms with Crippen molar-refractivity contribution in [3.63, 3.8) is 0 Å². The molecule has 3 nitrogen and oxygen atoms in total. The van der Waals surface area contributed by atoms with E-state index in [1.807, 2.05) is 11.9 Å². The lowest BCUT2D eigenvalue weighted by atomic mass is 10.1. The van der Waals surface area contributed by atoms with Gasteiger partial charge in [-0.25, -0.2) is 5.01 Å². The van der Waals surface area contributed by atoms with E-state index in [2.05, 4.69) is 0 Å². The van der Waals surface area contributed by atoms with Crippen LogP contribution in [0.5, 0.6) is 0 Å². The molecule has 1 atom stereocenters. The Morgan fingerprint density at radius 2 is 2.50 bits per heavy atom. The molecule has 1 saturated heterocycles. The summed E-state index contributed by atoms with van der Waals surface area (Å²) in [4.78, 5) is 0. The molecule has 1 rings (SSSR count). The lowest BCUT2D eigenvalue weighted by Crippen LogP contribution is -2.28. The second-order valence-corrected chi connectivity index (χ2v) is 2.81. The van der Waals surface area contributed by atoms with Crippen LogP contribution in [0.25, 0.3) is 0 Å². The third kappa shape index (κ3) is 2.25. The maximum absolute atomic E-state index is 5.57. The molecule has 1 heterocycles. The molecular weight excluding hydrogens is 128 g/mol. The Labute approximate surface area is 62.1 Å². The van der Waals surface area contributed by atoms with E-state index in [1.165, 1.54) is 6.42 Å². The molecular formula is C7H16N2O. The highest BCUT2D eigenvalue weighted by Crippen LogP contribution is 2.12. The molecule has 60 valence electrons. The molecule has 10 heavy (non-hydrogen) atoms. The molecule has 0 radical (unpaired) electrons. The number of nitrogens with two attached hydrogens (primary N) is 1. The monoisotopic (exact) mass is 144 g/mol. The Bertz CT molecular complexity index is 97.6. The lowest BCUT2D eigenvalue weighted by molar-refractivity contribution is 0.112. The van der Waals surface area contributed by atoms with Gasteiger partial charge in [0.15, 0.2) is 0 Å². The third-order valence-corrected chi connectivity index (χ3v) is 1.87. The van der Waals surface area contributed by atoms with Crippen LogP contribution in [0.4, 0.5) is 0 Å². The van der Waals surface area contributed by atoms with Crippen molar-refractivity contribution in [3.8, 4) is 0 Å². The average molecular weight is 144 g/mol. The van der Waals surface area contributed by atoms with Crippen molar-refractivity contribution in [1.82, 2.24) is 5.01 Å². The summed E-state index contributed by atoms with van der Waals surface area (Å²) in [6, 6.07) is 0. The summed E-state index contributed by atoms with van der Waals surface area (Å²) in [6.07, 6.45) is 1.19. The van der Waals surface area contributed by atoms with Crippen molar-refractivity contribution >= 4 is 0 Å². The van der Waals surface area contributed by atoms with Crippen molar-refractivity contribution in [2.45, 2.75) is 13.3 Å². The average Bonchev–Trinajstić information content (AvgIpc) is 2.31. The van der Waals surface area contributed by atoms with Gasteiger partial charge in [0, 0.05) is 19.7 Å². The number of nitrogens with zero attached hydrogens (tertiary/aromatic N) is 1. The van der Waals surface area contributed by atoms with E-state index in [0.717, 1.165) is 26.3 Å². The van der Waals surface area contributed by atoms with E-state index in [4.69, 9.17) is 10.6 Å². The standard InChI is InChI=1S/C7H16N2O/c1-2-10-6-7-3-4-9(8)5-7/h7H,2-6,8H2,1H3/t7-/m0/s1. The Morgan fingerprint density at radius 3 is 3.00 bits per heavy atom. The molecule has 1 aliphatic rings. The van der Waals surface area contributed by atoms with Crippen LogP contribution in [0.15, 0.2) is 0 Å². The number of rotatable bonds is 3. The largest absolute Gasteiger partial charge is 0.381 e. The quantitative estimate of drug-likeness (QED) is 0.576. The van der Waals surface area contributed by atoms with Crippen molar-refractivity contribution in [2.75, 3.05) is 26.3 Å². The van der Waals surface area contributed by atoms with Crippen LogP contribution in [-0.2, 0) is 4.74 Å². The summed E-state index contributed by atoms with van der Waals surface area (Å²) in [7, 11) is 0. The van der Waals surface area contributed by atoms with Crippen LogP contribution < -0.4 is 5.84 Å². The highest BCUT2D eigenvalue weighted by molar-refractivity contribution is 4.70. The van der Waals surface area contributed by atoms with E-state index in [0.29, 0.717) is 5.92 Å². The van der Waals surface area contributed by atoms with Gasteiger partial charge in [0.25, 0.3) is 0 Å². The van der Waals surface area contributed by atoms with E-state index in [-0.39, 0.29) is 0 Å². The van der Waals surface area contributed by atoms with Crippen molar-refractivity contribution < 1.29 is 4.74 Å². The molecule has 0 bridgehead atoms. The van der Waals surface area contributed by atoms with Crippen molar-refractivity contribution in [3.05, 3.63) is 0 Å². The summed E-state index contributed by atoms with van der Waals surface area (Å²) >= 11 is 0. The minimum atomic E-state index is 0.671. The highest BCUT2D eigenvalue weighted by atomic mass is 16.5. The highest BCUT2D eigenvalue weighted by Gasteiger charge is 2.19. The van der Waals surface area contributed by atoms with Crippen LogP contribution in [-0.4, -0.2) is 31.3 Å². The van der Waals surface area contributed by atoms with Gasteiger partial charge in [-0.3, -0.25) is 5.84 Å². The predicted octanol–water partition coefficient (Wildman–Crippen LogP) is 0.219. The fourth-order valence-electron chi connectivity index (χ4n) is 1.28. The summed E-state index contributed by atoms with van der Waals surface area (Å²) in [6.45, 7) is 5.75. The summed E-state index contributed by atoms with van der Waals surface area (Å²) in [5.74, 6) is 6.25. The van der Waals surface area contributed by atoms with Crippen LogP contribution in [0.3, 0.4) is 0 Å². The molecule has 2 N–H and O–H groups in total. The SMILES string of the molecule is CCOC[C@H]1CCN(N)C1. The van der Waals surface area contributed by atoms with Gasteiger partial charge in [0.2, 0.25) is 0 Å². The van der Waals surface area contributed by atoms with Gasteiger partial charge in [0.05, 0.1) is 6.61 Å². The van der Waals surface area contributed by atoms with Gasteiger partial charge in [-0.2, -0.15) is 0 Å². The zero-order valence-electron chi connectivity index (χ0n) is 6.55. The van der Waals surface area contributed by atoms with E-state index >= 15 is 0 Å². The fourth-order valence-corrected chi connectivity index (χ4v) is 1.28. The molecule has 0 unspecified atom stereocenters. The maximum Gasteiger partial charge on any atom is 0.0507 e. The van der Waals surface area contributed by atoms with Gasteiger partial charge < -0.3 is 4.74 Å². The molecule has 0 aromatic rings. The van der Waals surface area contributed by atoms with E-state index in [9.17, 15) is 0 Å². The maximum atomic E-state index is 5.57. The number of hydrogen-bond acceptors (Lipinski definition) is 3. The molecule has 0 aliphatic carbocycles. The fraction of sp³-hybridized carbons (Fsp3) is 1.00. The van der Waals surface area contributed by atoms with Gasteiger partial charge in [0.1, 0.15) is 0 Å². The first-order valence-electron chi connectivity index (χ1n) is 3.90. The van der Waals surface area contributed by atoms with Gasteiger partial charge in [-0.05, 0) is 19.3 Å². The molecule has 1 fully saturated rings. The van der Waals surface area contributed by atoms with Crippen LogP contribution >= 0.6 is 0 Å². The zero-order chi connectivity index (χ0) is 7.40. The molecule has 0 aromatic heterocycles. The summed E-state index contributed by atoms with van der Waals surface area (Å²) in [5, 5.41) is 1.86. The third-order valence-electron chi connectivity index (χ3n) is 1.87. The first-order valence-corrected chi connectivity index (χ1v) is 3.90. The number of hydrogen-bond donors (Lipinski definition) is 1. The molecule has 3 heteroatoms. The second-order valence-electron chi connectivity index (χ2n) is 2.81. The van der Waals surface area contributed by atoms with Gasteiger partial charge in [-0.15, -0.1) is 0 Å². The zero-order valence-corrected chi connectivity index (χ0v) is 6.55. The molecule has 0 spiro atoms. The Morgan fingerprint density at radius 1 is 1.70 bits per heavy atom. The van der Waals surface area contributed by atoms with Crippen molar-refractivity contribution in [2.24, 2.45) is 11.8 Å². The Hall–Kier alpha value is -0.120. The van der Waals surface area contributed by atoms with Crippen molar-refractivity contribution in [1.29, 1.82) is 0 Å². The van der Waals surface area contributed by atoms with Gasteiger partial charge in [-0.1, -0.05) is 0 Å². The van der Waals surface area contributed by atoms with Crippen LogP contribution in [0, 0.1) is 5.92 Å². The molecule has 0 saturated carbocycles. The molecule has 0 aromatic carbocycles. The first kappa shape index (κ1) is 7.98. The topological polar surface area (TPSA) is 38.5 Å². The van der Waals surface area contributed by atoms with Gasteiger partial charge >= 0.3 is 0 Å². The van der Waals surface area contributed by atoms with Crippen LogP contribution in [0.2, 0.25) is 0 Å². The summed E-state index contributed by atoms with van der Waals surface area (Å²) < 4.78 is 5.28. The number of ether oxygens (including phenoxy) is 1. The minimum Gasteiger partial charge on any atom is -0.381 e. The van der Waals surface area contributed by atoms with Crippen LogP contribution in [0.1, 0.15) is 13.3 Å². The normalized spacial score (nSPS) is 27.6. The minimum absolute atomic E-state index is 0.671. The smallest absolute Gasteiger partial charge is 0.0507 e. The second kappa shape index (κ2) is 3.91. The molecule has 0 amide bonds. The predicted molar refractivity (Wildman–Crippen MR) is 40.4 cm³/mol. The summed E-state index contributed by atoms with van der Waals surface area (Å²) in [5.41, 5.74) is 0. The molecule has 1 aliphatic heterocycles. The number of hydrazine groups is 1. The van der Waals surface area contributed by atoms with E-state index in [1.54, 1.807) is 0 Å².